The first kappa shape index (κ1) is 15.6. The molecule has 16 heavy (non-hydrogen) atoms. The quantitative estimate of drug-likeness (QED) is 0.460. The van der Waals surface area contributed by atoms with Crippen LogP contribution in [0.15, 0.2) is 12.7 Å². The van der Waals surface area contributed by atoms with Crippen molar-refractivity contribution in [1.29, 1.82) is 0 Å². The molecule has 0 radical (unpaired) electrons. The van der Waals surface area contributed by atoms with Gasteiger partial charge in [0.2, 0.25) is 0 Å². The summed E-state index contributed by atoms with van der Waals surface area (Å²) in [7, 11) is 1.68. The van der Waals surface area contributed by atoms with Gasteiger partial charge in [-0.2, -0.15) is 0 Å². The Morgan fingerprint density at radius 3 is 2.50 bits per heavy atom. The van der Waals surface area contributed by atoms with Crippen molar-refractivity contribution in [3.8, 4) is 0 Å². The Bertz CT molecular complexity index is 173. The Morgan fingerprint density at radius 1 is 1.25 bits per heavy atom. The third-order valence-corrected chi connectivity index (χ3v) is 2.74. The average molecular weight is 229 g/mol. The molecule has 3 unspecified atom stereocenters. The molecular weight excluding hydrogens is 202 g/mol. The number of rotatable bonds is 10. The second-order valence-electron chi connectivity index (χ2n) is 4.43. The maximum atomic E-state index is 5.47. The van der Waals surface area contributed by atoms with E-state index in [9.17, 15) is 0 Å². The van der Waals surface area contributed by atoms with Gasteiger partial charge in [0.1, 0.15) is 0 Å². The molecule has 0 rings (SSSR count). The van der Waals surface area contributed by atoms with Gasteiger partial charge in [-0.1, -0.05) is 13.0 Å². The first-order chi connectivity index (χ1) is 7.61. The van der Waals surface area contributed by atoms with E-state index in [0.29, 0.717) is 31.2 Å². The zero-order chi connectivity index (χ0) is 12.4. The first-order valence-corrected chi connectivity index (χ1v) is 6.05. The van der Waals surface area contributed by atoms with E-state index >= 15 is 0 Å². The van der Waals surface area contributed by atoms with Gasteiger partial charge >= 0.3 is 0 Å². The highest BCUT2D eigenvalue weighted by Gasteiger charge is 2.13. The molecule has 0 aromatic heterocycles. The molecule has 0 aromatic carbocycles. The van der Waals surface area contributed by atoms with Gasteiger partial charge < -0.3 is 14.8 Å². The van der Waals surface area contributed by atoms with Gasteiger partial charge in [-0.05, 0) is 26.2 Å². The van der Waals surface area contributed by atoms with Gasteiger partial charge in [0.15, 0.2) is 0 Å². The topological polar surface area (TPSA) is 30.5 Å². The summed E-state index contributed by atoms with van der Waals surface area (Å²) in [4.78, 5) is 0. The largest absolute Gasteiger partial charge is 0.382 e. The zero-order valence-electron chi connectivity index (χ0n) is 11.2. The Kier molecular flexibility index (Phi) is 9.59. The van der Waals surface area contributed by atoms with Gasteiger partial charge in [-0.3, -0.25) is 0 Å². The van der Waals surface area contributed by atoms with E-state index in [1.165, 1.54) is 0 Å². The maximum absolute atomic E-state index is 5.47. The van der Waals surface area contributed by atoms with Crippen molar-refractivity contribution in [3.05, 3.63) is 12.7 Å². The van der Waals surface area contributed by atoms with Gasteiger partial charge in [0.25, 0.3) is 0 Å². The summed E-state index contributed by atoms with van der Waals surface area (Å²) in [5, 5.41) is 3.53. The van der Waals surface area contributed by atoms with Gasteiger partial charge in [0.05, 0.1) is 19.8 Å². The lowest BCUT2D eigenvalue weighted by Gasteiger charge is -2.24. The molecule has 0 aliphatic heterocycles. The molecule has 0 spiro atoms. The predicted molar refractivity (Wildman–Crippen MR) is 68.7 cm³/mol. The minimum Gasteiger partial charge on any atom is -0.382 e. The molecule has 1 N–H and O–H groups in total. The Morgan fingerprint density at radius 2 is 1.94 bits per heavy atom. The molecular formula is C13H27NO2. The van der Waals surface area contributed by atoms with Crippen LogP contribution in [0.4, 0.5) is 0 Å². The molecule has 3 heteroatoms. The normalized spacial score (nSPS) is 16.8. The van der Waals surface area contributed by atoms with Crippen molar-refractivity contribution in [2.45, 2.75) is 39.3 Å². The third kappa shape index (κ3) is 7.85. The van der Waals surface area contributed by atoms with Crippen LogP contribution >= 0.6 is 0 Å². The standard InChI is InChI=1S/C13H27NO2/c1-6-7-11(2)13(4)14-12(3)10-16-9-8-15-5/h6,11-14H,1,7-10H2,2-5H3. The Labute approximate surface area is 100 Å². The molecule has 0 amide bonds. The van der Waals surface area contributed by atoms with Crippen LogP contribution in [0.5, 0.6) is 0 Å². The minimum absolute atomic E-state index is 0.374. The van der Waals surface area contributed by atoms with Gasteiger partial charge in [-0.15, -0.1) is 6.58 Å². The fourth-order valence-corrected chi connectivity index (χ4v) is 1.53. The molecule has 3 nitrogen and oxygen atoms in total. The molecule has 0 heterocycles. The monoisotopic (exact) mass is 229 g/mol. The number of hydrogen-bond donors (Lipinski definition) is 1. The summed E-state index contributed by atoms with van der Waals surface area (Å²) in [6.07, 6.45) is 3.02. The van der Waals surface area contributed by atoms with E-state index in [2.05, 4.69) is 32.7 Å². The summed E-state index contributed by atoms with van der Waals surface area (Å²) >= 11 is 0. The van der Waals surface area contributed by atoms with E-state index in [0.717, 1.165) is 13.0 Å². The van der Waals surface area contributed by atoms with Crippen molar-refractivity contribution in [3.63, 3.8) is 0 Å². The van der Waals surface area contributed by atoms with Gasteiger partial charge in [0, 0.05) is 19.2 Å². The van der Waals surface area contributed by atoms with E-state index < -0.39 is 0 Å². The number of allylic oxidation sites excluding steroid dienone is 1. The van der Waals surface area contributed by atoms with E-state index in [4.69, 9.17) is 9.47 Å². The molecule has 0 fully saturated rings. The lowest BCUT2D eigenvalue weighted by molar-refractivity contribution is 0.0586. The van der Waals surface area contributed by atoms with Crippen LogP contribution in [-0.4, -0.2) is 39.0 Å². The molecule has 0 aromatic rings. The van der Waals surface area contributed by atoms with Crippen LogP contribution in [0.2, 0.25) is 0 Å². The Balaban J connectivity index is 3.60. The van der Waals surface area contributed by atoms with E-state index in [-0.39, 0.29) is 0 Å². The zero-order valence-corrected chi connectivity index (χ0v) is 11.2. The third-order valence-electron chi connectivity index (χ3n) is 2.74. The predicted octanol–water partition coefficient (Wildman–Crippen LogP) is 2.23. The molecule has 96 valence electrons. The highest BCUT2D eigenvalue weighted by molar-refractivity contribution is 4.78. The summed E-state index contributed by atoms with van der Waals surface area (Å²) in [5.41, 5.74) is 0. The fraction of sp³-hybridized carbons (Fsp3) is 0.846. The lowest BCUT2D eigenvalue weighted by Crippen LogP contribution is -2.41. The summed E-state index contributed by atoms with van der Waals surface area (Å²) in [6, 6.07) is 0.859. The van der Waals surface area contributed by atoms with Crippen molar-refractivity contribution >= 4 is 0 Å². The Hall–Kier alpha value is -0.380. The SMILES string of the molecule is C=CCC(C)C(C)NC(C)COCCOC. The molecule has 0 bridgehead atoms. The van der Waals surface area contributed by atoms with Crippen LogP contribution in [-0.2, 0) is 9.47 Å². The molecule has 0 saturated carbocycles. The highest BCUT2D eigenvalue weighted by atomic mass is 16.5. The minimum atomic E-state index is 0.374. The molecule has 0 aliphatic rings. The molecule has 3 atom stereocenters. The van der Waals surface area contributed by atoms with Crippen LogP contribution < -0.4 is 5.32 Å². The van der Waals surface area contributed by atoms with Crippen molar-refractivity contribution < 1.29 is 9.47 Å². The average Bonchev–Trinajstić information content (AvgIpc) is 2.24. The smallest absolute Gasteiger partial charge is 0.0701 e. The first-order valence-electron chi connectivity index (χ1n) is 6.05. The highest BCUT2D eigenvalue weighted by Crippen LogP contribution is 2.08. The van der Waals surface area contributed by atoms with Crippen molar-refractivity contribution in [2.75, 3.05) is 26.9 Å². The molecule has 0 saturated heterocycles. The van der Waals surface area contributed by atoms with Crippen LogP contribution in [0, 0.1) is 5.92 Å². The van der Waals surface area contributed by atoms with Gasteiger partial charge in [-0.25, -0.2) is 0 Å². The van der Waals surface area contributed by atoms with E-state index in [1.54, 1.807) is 7.11 Å². The van der Waals surface area contributed by atoms with Crippen molar-refractivity contribution in [1.82, 2.24) is 5.32 Å². The number of ether oxygens (including phenoxy) is 2. The van der Waals surface area contributed by atoms with Crippen LogP contribution in [0.1, 0.15) is 27.2 Å². The number of hydrogen-bond acceptors (Lipinski definition) is 3. The second kappa shape index (κ2) is 9.82. The molecule has 0 aliphatic carbocycles. The maximum Gasteiger partial charge on any atom is 0.0701 e. The van der Waals surface area contributed by atoms with Crippen LogP contribution in [0.25, 0.3) is 0 Å². The van der Waals surface area contributed by atoms with Crippen molar-refractivity contribution in [2.24, 2.45) is 5.92 Å². The number of nitrogens with one attached hydrogen (secondary N) is 1. The fourth-order valence-electron chi connectivity index (χ4n) is 1.53. The van der Waals surface area contributed by atoms with E-state index in [1.807, 2.05) is 6.08 Å². The number of methoxy groups -OCH3 is 1. The summed E-state index contributed by atoms with van der Waals surface area (Å²) in [6.45, 7) is 12.4. The summed E-state index contributed by atoms with van der Waals surface area (Å²) in [5.74, 6) is 0.610. The lowest BCUT2D eigenvalue weighted by atomic mass is 9.99. The second-order valence-corrected chi connectivity index (χ2v) is 4.43. The summed E-state index contributed by atoms with van der Waals surface area (Å²) < 4.78 is 10.4. The van der Waals surface area contributed by atoms with Crippen LogP contribution in [0.3, 0.4) is 0 Å².